The van der Waals surface area contributed by atoms with Crippen LogP contribution in [0.2, 0.25) is 0 Å². The number of hydrogen-bond donors (Lipinski definition) is 3. The van der Waals surface area contributed by atoms with Crippen molar-refractivity contribution in [1.82, 2.24) is 4.72 Å². The Kier molecular flexibility index (Phi) is 6.55. The third-order valence-corrected chi connectivity index (χ3v) is 7.81. The number of sulfonamides is 1. The first-order chi connectivity index (χ1) is 16.5. The second kappa shape index (κ2) is 9.43. The predicted octanol–water partition coefficient (Wildman–Crippen LogP) is 3.22. The molecule has 0 aliphatic carbocycles. The molecule has 0 atom stereocenters. The molecule has 4 rings (SSSR count). The summed E-state index contributed by atoms with van der Waals surface area (Å²) in [5.41, 5.74) is 3.25. The van der Waals surface area contributed by atoms with Crippen LogP contribution in [0.4, 0.5) is 11.4 Å². The zero-order valence-corrected chi connectivity index (χ0v) is 20.3. The monoisotopic (exact) mass is 513 g/mol. The normalized spacial score (nSPS) is 14.8. The van der Waals surface area contributed by atoms with E-state index in [2.05, 4.69) is 4.72 Å². The number of aryl methyl sites for hydroxylation is 1. The summed E-state index contributed by atoms with van der Waals surface area (Å²) in [6.45, 7) is 1.77. The second-order valence-electron chi connectivity index (χ2n) is 8.02. The Hall–Kier alpha value is -3.83. The SMILES string of the molecule is Cc1cccc(Cc2ccc(N3C=C(O)NS3(=O)=O)cc2)c1NS(=O)(=O)CC(=O)c1ccccc1. The lowest BCUT2D eigenvalue weighted by Gasteiger charge is -2.16. The highest BCUT2D eigenvalue weighted by molar-refractivity contribution is 7.93. The Morgan fingerprint density at radius 2 is 1.69 bits per heavy atom. The lowest BCUT2D eigenvalue weighted by atomic mass is 10.0. The van der Waals surface area contributed by atoms with Gasteiger partial charge in [0.15, 0.2) is 5.78 Å². The van der Waals surface area contributed by atoms with Crippen LogP contribution >= 0.6 is 0 Å². The Bertz CT molecular complexity index is 1500. The van der Waals surface area contributed by atoms with E-state index in [4.69, 9.17) is 0 Å². The standard InChI is InChI=1S/C24H23N3O6S2/c1-17-6-5-9-20(24(17)26-34(30,31)16-22(28)19-7-3-2-4-8-19)14-18-10-12-21(13-11-18)27-15-23(29)25-35(27,32)33/h2-13,15,25-26,29H,14,16H2,1H3. The molecule has 0 bridgehead atoms. The molecule has 0 saturated heterocycles. The van der Waals surface area contributed by atoms with Crippen LogP contribution in [0.5, 0.6) is 0 Å². The van der Waals surface area contributed by atoms with E-state index in [0.717, 1.165) is 16.1 Å². The van der Waals surface area contributed by atoms with Gasteiger partial charge in [-0.2, -0.15) is 8.42 Å². The van der Waals surface area contributed by atoms with Gasteiger partial charge >= 0.3 is 10.2 Å². The van der Waals surface area contributed by atoms with Gasteiger partial charge in [0.1, 0.15) is 5.75 Å². The molecular formula is C24H23N3O6S2. The van der Waals surface area contributed by atoms with E-state index in [1.165, 1.54) is 0 Å². The van der Waals surface area contributed by atoms with Crippen LogP contribution in [0.3, 0.4) is 0 Å². The average molecular weight is 514 g/mol. The van der Waals surface area contributed by atoms with Gasteiger partial charge in [0.25, 0.3) is 0 Å². The molecule has 0 amide bonds. The van der Waals surface area contributed by atoms with Gasteiger partial charge in [0.2, 0.25) is 15.9 Å². The Labute approximate surface area is 204 Å². The van der Waals surface area contributed by atoms with E-state index >= 15 is 0 Å². The van der Waals surface area contributed by atoms with E-state index < -0.39 is 37.7 Å². The zero-order chi connectivity index (χ0) is 25.2. The number of nitrogens with one attached hydrogen (secondary N) is 2. The van der Waals surface area contributed by atoms with Crippen molar-refractivity contribution in [3.8, 4) is 0 Å². The van der Waals surface area contributed by atoms with Crippen LogP contribution in [0.15, 0.2) is 84.9 Å². The molecule has 11 heteroatoms. The zero-order valence-electron chi connectivity index (χ0n) is 18.7. The van der Waals surface area contributed by atoms with Crippen LogP contribution in [-0.2, 0) is 26.7 Å². The van der Waals surface area contributed by atoms with E-state index in [-0.39, 0.29) is 0 Å². The Morgan fingerprint density at radius 1 is 1.00 bits per heavy atom. The van der Waals surface area contributed by atoms with Gasteiger partial charge in [0, 0.05) is 5.56 Å². The fourth-order valence-corrected chi connectivity index (χ4v) is 5.92. The maximum Gasteiger partial charge on any atom is 0.330 e. The maximum atomic E-state index is 12.8. The van der Waals surface area contributed by atoms with E-state index in [0.29, 0.717) is 34.5 Å². The average Bonchev–Trinajstić information content (AvgIpc) is 3.08. The van der Waals surface area contributed by atoms with Crippen molar-refractivity contribution >= 4 is 37.4 Å². The lowest BCUT2D eigenvalue weighted by molar-refractivity contribution is 0.102. The van der Waals surface area contributed by atoms with E-state index in [9.17, 15) is 26.7 Å². The molecular weight excluding hydrogens is 490 g/mol. The summed E-state index contributed by atoms with van der Waals surface area (Å²) < 4.78 is 55.1. The maximum absolute atomic E-state index is 12.8. The topological polar surface area (TPSA) is 133 Å². The number of anilines is 2. The third kappa shape index (κ3) is 5.64. The number of hydrogen-bond acceptors (Lipinski definition) is 6. The molecule has 1 aliphatic heterocycles. The fraction of sp³-hybridized carbons (Fsp3) is 0.125. The summed E-state index contributed by atoms with van der Waals surface area (Å²) >= 11 is 0. The van der Waals surface area contributed by atoms with Crippen LogP contribution in [0, 0.1) is 6.92 Å². The van der Waals surface area contributed by atoms with E-state index in [1.54, 1.807) is 73.7 Å². The van der Waals surface area contributed by atoms with Gasteiger partial charge in [-0.25, -0.2) is 17.4 Å². The summed E-state index contributed by atoms with van der Waals surface area (Å²) in [7, 11) is -7.85. The molecule has 0 saturated carbocycles. The third-order valence-electron chi connectivity index (χ3n) is 5.35. The summed E-state index contributed by atoms with van der Waals surface area (Å²) in [5, 5.41) is 9.47. The van der Waals surface area contributed by atoms with Gasteiger partial charge in [-0.05, 0) is 42.2 Å². The molecule has 3 N–H and O–H groups in total. The molecule has 35 heavy (non-hydrogen) atoms. The van der Waals surface area contributed by atoms with Crippen molar-refractivity contribution in [2.45, 2.75) is 13.3 Å². The van der Waals surface area contributed by atoms with Crippen LogP contribution in [0.25, 0.3) is 0 Å². The van der Waals surface area contributed by atoms with Crippen LogP contribution in [-0.4, -0.2) is 33.5 Å². The first-order valence-corrected chi connectivity index (χ1v) is 13.6. The summed E-state index contributed by atoms with van der Waals surface area (Å²) in [5.74, 6) is -1.66. The number of aliphatic hydroxyl groups is 1. The van der Waals surface area contributed by atoms with Crippen molar-refractivity contribution in [3.05, 3.63) is 107 Å². The molecule has 1 aliphatic rings. The fourth-order valence-electron chi connectivity index (χ4n) is 3.68. The molecule has 0 radical (unpaired) electrons. The number of aliphatic hydroxyl groups excluding tert-OH is 1. The molecule has 9 nitrogen and oxygen atoms in total. The van der Waals surface area contributed by atoms with Crippen molar-refractivity contribution < 1.29 is 26.7 Å². The molecule has 0 unspecified atom stereocenters. The first kappa shape index (κ1) is 24.3. The molecule has 0 aromatic heterocycles. The molecule has 3 aromatic carbocycles. The molecule has 0 spiro atoms. The van der Waals surface area contributed by atoms with Gasteiger partial charge in [0.05, 0.1) is 17.6 Å². The minimum Gasteiger partial charge on any atom is -0.493 e. The number of Topliss-reactive ketones (excluding diaryl/α,β-unsaturated/α-hetero) is 1. The highest BCUT2D eigenvalue weighted by Crippen LogP contribution is 2.27. The van der Waals surface area contributed by atoms with E-state index in [1.807, 2.05) is 10.8 Å². The summed E-state index contributed by atoms with van der Waals surface area (Å²) in [6.07, 6.45) is 1.42. The minimum atomic E-state index is -3.97. The van der Waals surface area contributed by atoms with Crippen LogP contribution in [0.1, 0.15) is 27.0 Å². The molecule has 3 aromatic rings. The largest absolute Gasteiger partial charge is 0.493 e. The number of ketones is 1. The summed E-state index contributed by atoms with van der Waals surface area (Å²) in [6, 6.07) is 20.2. The van der Waals surface area contributed by atoms with Crippen molar-refractivity contribution in [3.63, 3.8) is 0 Å². The number of nitrogens with zero attached hydrogens (tertiary/aromatic N) is 1. The van der Waals surface area contributed by atoms with Crippen LogP contribution < -0.4 is 13.7 Å². The predicted molar refractivity (Wildman–Crippen MR) is 134 cm³/mol. The smallest absolute Gasteiger partial charge is 0.330 e. The number of para-hydroxylation sites is 1. The van der Waals surface area contributed by atoms with Crippen molar-refractivity contribution in [2.24, 2.45) is 0 Å². The second-order valence-corrected chi connectivity index (χ2v) is 11.3. The first-order valence-electron chi connectivity index (χ1n) is 10.5. The van der Waals surface area contributed by atoms with Gasteiger partial charge in [-0.15, -0.1) is 0 Å². The van der Waals surface area contributed by atoms with Crippen molar-refractivity contribution in [2.75, 3.05) is 14.8 Å². The highest BCUT2D eigenvalue weighted by Gasteiger charge is 2.28. The highest BCUT2D eigenvalue weighted by atomic mass is 32.2. The van der Waals surface area contributed by atoms with Crippen molar-refractivity contribution in [1.29, 1.82) is 0 Å². The molecule has 0 fully saturated rings. The van der Waals surface area contributed by atoms with Gasteiger partial charge in [-0.1, -0.05) is 60.7 Å². The quantitative estimate of drug-likeness (QED) is 0.396. The molecule has 1 heterocycles. The lowest BCUT2D eigenvalue weighted by Crippen LogP contribution is -2.29. The molecule has 182 valence electrons. The Balaban J connectivity index is 1.53. The number of carbonyl (C=O) groups excluding carboxylic acids is 1. The Morgan fingerprint density at radius 3 is 2.31 bits per heavy atom. The number of benzene rings is 3. The number of carbonyl (C=O) groups is 1. The minimum absolute atomic E-state index is 0.321. The van der Waals surface area contributed by atoms with Gasteiger partial charge < -0.3 is 5.11 Å². The summed E-state index contributed by atoms with van der Waals surface area (Å²) in [4.78, 5) is 12.4. The number of rotatable bonds is 8. The van der Waals surface area contributed by atoms with Gasteiger partial charge in [-0.3, -0.25) is 9.52 Å².